The van der Waals surface area contributed by atoms with E-state index >= 15 is 0 Å². The first-order chi connectivity index (χ1) is 16.9. The maximum Gasteiger partial charge on any atom is 0.309 e. The van der Waals surface area contributed by atoms with Gasteiger partial charge in [-0.2, -0.15) is 0 Å². The van der Waals surface area contributed by atoms with Gasteiger partial charge in [-0.05, 0) is 37.5 Å². The predicted octanol–water partition coefficient (Wildman–Crippen LogP) is 8.73. The molecular formula is C31H58O4. The fourth-order valence-electron chi connectivity index (χ4n) is 5.55. The zero-order valence-electron chi connectivity index (χ0n) is 23.4. The first-order valence-electron chi connectivity index (χ1n) is 15.3. The Morgan fingerprint density at radius 3 is 1.63 bits per heavy atom. The smallest absolute Gasteiger partial charge is 0.309 e. The van der Waals surface area contributed by atoms with Crippen molar-refractivity contribution in [3.63, 3.8) is 0 Å². The first-order valence-corrected chi connectivity index (χ1v) is 15.3. The SMILES string of the molecule is CCCCCCCCCCCCCCCCCC[C@H](C)C(=O)C[C@H]1C[C@H]1C[C@@H](O)[C@@H](CC)C(=O)O. The van der Waals surface area contributed by atoms with Crippen LogP contribution in [0.15, 0.2) is 0 Å². The van der Waals surface area contributed by atoms with Crippen LogP contribution in [-0.2, 0) is 9.59 Å². The van der Waals surface area contributed by atoms with Gasteiger partial charge in [0.25, 0.3) is 0 Å². The summed E-state index contributed by atoms with van der Waals surface area (Å²) in [6.45, 7) is 6.15. The molecule has 0 aromatic carbocycles. The molecular weight excluding hydrogens is 436 g/mol. The highest BCUT2D eigenvalue weighted by molar-refractivity contribution is 5.81. The van der Waals surface area contributed by atoms with Gasteiger partial charge in [0.05, 0.1) is 12.0 Å². The third-order valence-corrected chi connectivity index (χ3v) is 8.34. The number of carboxylic acids is 1. The molecule has 1 fully saturated rings. The van der Waals surface area contributed by atoms with Crippen molar-refractivity contribution in [3.8, 4) is 0 Å². The number of aliphatic carboxylic acids is 1. The van der Waals surface area contributed by atoms with E-state index in [1.165, 1.54) is 96.3 Å². The predicted molar refractivity (Wildman–Crippen MR) is 147 cm³/mol. The number of unbranched alkanes of at least 4 members (excludes halogenated alkanes) is 15. The lowest BCUT2D eigenvalue weighted by molar-refractivity contribution is -0.146. The van der Waals surface area contributed by atoms with Crippen LogP contribution in [0.25, 0.3) is 0 Å². The summed E-state index contributed by atoms with van der Waals surface area (Å²) in [5.74, 6) is -0.420. The third kappa shape index (κ3) is 15.7. The van der Waals surface area contributed by atoms with Gasteiger partial charge in [0.1, 0.15) is 5.78 Å². The molecule has 0 aromatic heterocycles. The number of carboxylic acid groups (broad SMARTS) is 1. The maximum absolute atomic E-state index is 12.6. The molecule has 0 spiro atoms. The standard InChI is InChI=1S/C31H58O4/c1-4-6-7-8-9-10-11-12-13-14-15-16-17-18-19-20-21-25(3)29(32)23-26-22-27(26)24-30(33)28(5-2)31(34)35/h25-28,30,33H,4-24H2,1-3H3,(H,34,35)/t25-,26+,27-,28+,30+/m0/s1. The number of rotatable bonds is 25. The van der Waals surface area contributed by atoms with Crippen molar-refractivity contribution in [3.05, 3.63) is 0 Å². The Kier molecular flexibility index (Phi) is 18.5. The summed E-state index contributed by atoms with van der Waals surface area (Å²) in [7, 11) is 0. The largest absolute Gasteiger partial charge is 0.481 e. The van der Waals surface area contributed by atoms with Crippen molar-refractivity contribution in [2.75, 3.05) is 0 Å². The van der Waals surface area contributed by atoms with Gasteiger partial charge in [-0.25, -0.2) is 0 Å². The van der Waals surface area contributed by atoms with Gasteiger partial charge in [-0.1, -0.05) is 124 Å². The second kappa shape index (κ2) is 20.2. The molecule has 0 radical (unpaired) electrons. The lowest BCUT2D eigenvalue weighted by Crippen LogP contribution is -2.28. The molecule has 1 aliphatic rings. The molecule has 0 bridgehead atoms. The Labute approximate surface area is 217 Å². The van der Waals surface area contributed by atoms with E-state index in [1.807, 2.05) is 0 Å². The highest BCUT2D eigenvalue weighted by atomic mass is 16.4. The number of aliphatic hydroxyl groups is 1. The van der Waals surface area contributed by atoms with E-state index in [0.717, 1.165) is 19.3 Å². The van der Waals surface area contributed by atoms with Crippen LogP contribution in [0.2, 0.25) is 0 Å². The molecule has 1 aliphatic carbocycles. The molecule has 35 heavy (non-hydrogen) atoms. The topological polar surface area (TPSA) is 74.6 Å². The van der Waals surface area contributed by atoms with Gasteiger partial charge in [-0.3, -0.25) is 9.59 Å². The maximum atomic E-state index is 12.6. The number of ketones is 1. The van der Waals surface area contributed by atoms with E-state index in [4.69, 9.17) is 0 Å². The average Bonchev–Trinajstić information content (AvgIpc) is 3.55. The van der Waals surface area contributed by atoms with Crippen LogP contribution in [0, 0.1) is 23.7 Å². The minimum absolute atomic E-state index is 0.134. The summed E-state index contributed by atoms with van der Waals surface area (Å²) in [6.07, 6.45) is 24.6. The van der Waals surface area contributed by atoms with E-state index < -0.39 is 18.0 Å². The molecule has 0 amide bonds. The summed E-state index contributed by atoms with van der Waals surface area (Å²) < 4.78 is 0. The van der Waals surface area contributed by atoms with Crippen molar-refractivity contribution < 1.29 is 19.8 Å². The number of aliphatic hydroxyl groups excluding tert-OH is 1. The van der Waals surface area contributed by atoms with Crippen molar-refractivity contribution in [1.82, 2.24) is 0 Å². The Morgan fingerprint density at radius 2 is 1.20 bits per heavy atom. The quantitative estimate of drug-likeness (QED) is 0.124. The summed E-state index contributed by atoms with van der Waals surface area (Å²) in [4.78, 5) is 23.8. The van der Waals surface area contributed by atoms with Gasteiger partial charge in [0.2, 0.25) is 0 Å². The summed E-state index contributed by atoms with van der Waals surface area (Å²) in [6, 6.07) is 0. The van der Waals surface area contributed by atoms with E-state index in [-0.39, 0.29) is 5.92 Å². The zero-order valence-corrected chi connectivity index (χ0v) is 23.4. The van der Waals surface area contributed by atoms with Crippen LogP contribution in [0.4, 0.5) is 0 Å². The highest BCUT2D eigenvalue weighted by Crippen LogP contribution is 2.46. The first kappa shape index (κ1) is 32.1. The minimum Gasteiger partial charge on any atom is -0.481 e. The number of hydrogen-bond donors (Lipinski definition) is 2. The average molecular weight is 495 g/mol. The second-order valence-electron chi connectivity index (χ2n) is 11.6. The molecule has 0 aliphatic heterocycles. The van der Waals surface area contributed by atoms with Gasteiger partial charge < -0.3 is 10.2 Å². The number of carbonyl (C=O) groups is 2. The Balaban J connectivity index is 1.92. The Hall–Kier alpha value is -0.900. The molecule has 206 valence electrons. The molecule has 1 rings (SSSR count). The van der Waals surface area contributed by atoms with Crippen LogP contribution in [0.1, 0.15) is 156 Å². The second-order valence-corrected chi connectivity index (χ2v) is 11.6. The molecule has 1 saturated carbocycles. The minimum atomic E-state index is -0.916. The van der Waals surface area contributed by atoms with Gasteiger partial charge in [0, 0.05) is 12.3 Å². The van der Waals surface area contributed by atoms with Crippen LogP contribution < -0.4 is 0 Å². The van der Waals surface area contributed by atoms with Gasteiger partial charge in [0.15, 0.2) is 0 Å². The lowest BCUT2D eigenvalue weighted by Gasteiger charge is -2.17. The van der Waals surface area contributed by atoms with Crippen LogP contribution in [0.5, 0.6) is 0 Å². The zero-order chi connectivity index (χ0) is 25.9. The molecule has 4 heteroatoms. The highest BCUT2D eigenvalue weighted by Gasteiger charge is 2.41. The molecule has 0 heterocycles. The summed E-state index contributed by atoms with van der Waals surface area (Å²) in [5, 5.41) is 19.4. The fraction of sp³-hybridized carbons (Fsp3) is 0.935. The van der Waals surface area contributed by atoms with Crippen LogP contribution in [0.3, 0.4) is 0 Å². The van der Waals surface area contributed by atoms with Crippen molar-refractivity contribution in [1.29, 1.82) is 0 Å². The van der Waals surface area contributed by atoms with Crippen LogP contribution in [-0.4, -0.2) is 28.1 Å². The lowest BCUT2D eigenvalue weighted by atomic mass is 9.92. The Morgan fingerprint density at radius 1 is 0.743 bits per heavy atom. The molecule has 2 N–H and O–H groups in total. The van der Waals surface area contributed by atoms with Gasteiger partial charge in [-0.15, -0.1) is 0 Å². The number of Topliss-reactive ketones (excluding diaryl/α,β-unsaturated/α-hetero) is 1. The normalized spacial score (nSPS) is 19.9. The van der Waals surface area contributed by atoms with Crippen molar-refractivity contribution in [2.24, 2.45) is 23.7 Å². The molecule has 0 unspecified atom stereocenters. The number of hydrogen-bond acceptors (Lipinski definition) is 3. The third-order valence-electron chi connectivity index (χ3n) is 8.34. The summed E-state index contributed by atoms with van der Waals surface area (Å²) >= 11 is 0. The van der Waals surface area contributed by atoms with Crippen molar-refractivity contribution >= 4 is 11.8 Å². The monoisotopic (exact) mass is 494 g/mol. The molecule has 0 aromatic rings. The molecule has 5 atom stereocenters. The fourth-order valence-corrected chi connectivity index (χ4v) is 5.55. The van der Waals surface area contributed by atoms with E-state index in [0.29, 0.717) is 36.9 Å². The molecule has 0 saturated heterocycles. The van der Waals surface area contributed by atoms with Crippen molar-refractivity contribution in [2.45, 2.75) is 162 Å². The molecule has 4 nitrogen and oxygen atoms in total. The van der Waals surface area contributed by atoms with E-state index in [2.05, 4.69) is 13.8 Å². The van der Waals surface area contributed by atoms with E-state index in [1.54, 1.807) is 6.92 Å². The number of carbonyl (C=O) groups excluding carboxylic acids is 1. The Bertz CT molecular complexity index is 546. The van der Waals surface area contributed by atoms with Gasteiger partial charge >= 0.3 is 5.97 Å². The summed E-state index contributed by atoms with van der Waals surface area (Å²) in [5.41, 5.74) is 0. The van der Waals surface area contributed by atoms with E-state index in [9.17, 15) is 19.8 Å². The van der Waals surface area contributed by atoms with Crippen LogP contribution >= 0.6 is 0 Å².